The third-order valence-electron chi connectivity index (χ3n) is 1.18. The van der Waals surface area contributed by atoms with E-state index >= 15 is 0 Å². The van der Waals surface area contributed by atoms with E-state index in [1.165, 1.54) is 0 Å². The molecule has 0 radical (unpaired) electrons. The molecule has 0 amide bonds. The van der Waals surface area contributed by atoms with Gasteiger partial charge in [-0.2, -0.15) is 16.8 Å². The molecular formula is C6H16N2O6S4. The van der Waals surface area contributed by atoms with Gasteiger partial charge in [0.05, 0.1) is 35.2 Å². The highest BCUT2D eigenvalue weighted by atomic mass is 33.2. The Balaban J connectivity index is 3.64. The van der Waals surface area contributed by atoms with Crippen LogP contribution in [0.3, 0.4) is 0 Å². The average Bonchev–Trinajstić information content (AvgIpc) is 2.22. The van der Waals surface area contributed by atoms with Crippen LogP contribution in [0.2, 0.25) is 0 Å². The molecule has 2 N–H and O–H groups in total. The Morgan fingerprint density at radius 2 is 1.17 bits per heavy atom. The Labute approximate surface area is 115 Å². The molecule has 0 saturated heterocycles. The molecule has 0 aromatic heterocycles. The van der Waals surface area contributed by atoms with E-state index in [0.29, 0.717) is 22.0 Å². The molecule has 0 atom stereocenters. The number of hydrogen-bond donors (Lipinski definition) is 2. The van der Waals surface area contributed by atoms with Gasteiger partial charge in [0.25, 0.3) is 0 Å². The van der Waals surface area contributed by atoms with E-state index in [1.54, 1.807) is 13.8 Å². The third-order valence-corrected chi connectivity index (χ3v) is 5.79. The van der Waals surface area contributed by atoms with Gasteiger partial charge in [0, 0.05) is 13.1 Å². The van der Waals surface area contributed by atoms with E-state index in [9.17, 15) is 16.8 Å². The summed E-state index contributed by atoms with van der Waals surface area (Å²) in [7, 11) is -6.37. The van der Waals surface area contributed by atoms with Crippen LogP contribution in [0.1, 0.15) is 13.8 Å². The van der Waals surface area contributed by atoms with Crippen molar-refractivity contribution >= 4 is 40.3 Å². The largest absolute Gasteiger partial charge is 0.336 e. The molecule has 0 spiro atoms. The standard InChI is InChI=1S/C6H16N2O6S4/c1-3-13-17(9,10)15-7-5-6-8-16-18(11,12)14-4-2/h7-8H,3-6H2,1-2H3. The summed E-state index contributed by atoms with van der Waals surface area (Å²) in [5.41, 5.74) is 0. The molecule has 0 fully saturated rings. The van der Waals surface area contributed by atoms with E-state index in [-0.39, 0.29) is 26.3 Å². The van der Waals surface area contributed by atoms with E-state index < -0.39 is 18.3 Å². The van der Waals surface area contributed by atoms with Crippen molar-refractivity contribution in [2.45, 2.75) is 13.8 Å². The van der Waals surface area contributed by atoms with Crippen molar-refractivity contribution in [3.05, 3.63) is 0 Å². The highest BCUT2D eigenvalue weighted by Crippen LogP contribution is 2.10. The van der Waals surface area contributed by atoms with Crippen LogP contribution in [-0.4, -0.2) is 43.1 Å². The Kier molecular flexibility index (Phi) is 9.59. The Morgan fingerprint density at radius 3 is 1.44 bits per heavy atom. The molecule has 12 heteroatoms. The first-order valence-electron chi connectivity index (χ1n) is 4.94. The second-order valence-corrected chi connectivity index (χ2v) is 9.05. The second-order valence-electron chi connectivity index (χ2n) is 2.58. The zero-order valence-electron chi connectivity index (χ0n) is 9.91. The van der Waals surface area contributed by atoms with Gasteiger partial charge in [-0.1, -0.05) is 0 Å². The van der Waals surface area contributed by atoms with Crippen LogP contribution in [0, 0.1) is 0 Å². The van der Waals surface area contributed by atoms with Crippen LogP contribution in [0.5, 0.6) is 0 Å². The average molecular weight is 340 g/mol. The van der Waals surface area contributed by atoms with Crippen LogP contribution in [-0.2, 0) is 26.7 Å². The number of nitrogens with one attached hydrogen (secondary N) is 2. The summed E-state index contributed by atoms with van der Waals surface area (Å²) in [5.74, 6) is 0. The topological polar surface area (TPSA) is 111 Å². The van der Waals surface area contributed by atoms with Crippen molar-refractivity contribution in [2.75, 3.05) is 26.3 Å². The smallest absolute Gasteiger partial charge is 0.261 e. The first-order valence-corrected chi connectivity index (χ1v) is 10.4. The normalized spacial score (nSPS) is 12.8. The molecule has 0 aliphatic rings. The summed E-state index contributed by atoms with van der Waals surface area (Å²) in [4.78, 5) is 0. The summed E-state index contributed by atoms with van der Waals surface area (Å²) in [6, 6.07) is 0. The lowest BCUT2D eigenvalue weighted by molar-refractivity contribution is 0.349. The van der Waals surface area contributed by atoms with E-state index in [2.05, 4.69) is 17.8 Å². The predicted molar refractivity (Wildman–Crippen MR) is 72.3 cm³/mol. The van der Waals surface area contributed by atoms with Crippen molar-refractivity contribution in [1.29, 1.82) is 0 Å². The molecule has 0 aliphatic heterocycles. The molecule has 110 valence electrons. The van der Waals surface area contributed by atoms with Gasteiger partial charge in [-0.3, -0.25) is 8.37 Å². The van der Waals surface area contributed by atoms with Gasteiger partial charge in [-0.05, 0) is 13.8 Å². The van der Waals surface area contributed by atoms with Gasteiger partial charge >= 0.3 is 18.3 Å². The van der Waals surface area contributed by atoms with Crippen LogP contribution >= 0.6 is 22.0 Å². The predicted octanol–water partition coefficient (Wildman–Crippen LogP) is 0.0246. The van der Waals surface area contributed by atoms with Crippen LogP contribution in [0.4, 0.5) is 0 Å². The molecule has 8 nitrogen and oxygen atoms in total. The Hall–Kier alpha value is 0.440. The molecule has 0 unspecified atom stereocenters. The molecule has 0 aromatic carbocycles. The molecule has 0 aliphatic carbocycles. The van der Waals surface area contributed by atoms with Gasteiger partial charge < -0.3 is 0 Å². The first kappa shape index (κ1) is 18.4. The van der Waals surface area contributed by atoms with Crippen molar-refractivity contribution < 1.29 is 25.2 Å². The van der Waals surface area contributed by atoms with Gasteiger partial charge in [-0.15, -0.1) is 0 Å². The molecule has 18 heavy (non-hydrogen) atoms. The fourth-order valence-corrected chi connectivity index (χ4v) is 4.23. The highest BCUT2D eigenvalue weighted by Gasteiger charge is 2.12. The molecule has 0 heterocycles. The lowest BCUT2D eigenvalue weighted by Gasteiger charge is -2.05. The number of rotatable bonds is 11. The van der Waals surface area contributed by atoms with Gasteiger partial charge in [0.15, 0.2) is 0 Å². The SMILES string of the molecule is CCOS(=O)(=O)SNCCNSS(=O)(=O)OCC. The fourth-order valence-electron chi connectivity index (χ4n) is 0.667. The van der Waals surface area contributed by atoms with Crippen LogP contribution in [0.25, 0.3) is 0 Å². The zero-order chi connectivity index (χ0) is 14.1. The van der Waals surface area contributed by atoms with Gasteiger partial charge in [0.1, 0.15) is 0 Å². The minimum atomic E-state index is -3.63. The van der Waals surface area contributed by atoms with E-state index in [0.717, 1.165) is 0 Å². The van der Waals surface area contributed by atoms with Crippen LogP contribution in [0.15, 0.2) is 0 Å². The quantitative estimate of drug-likeness (QED) is 0.303. The maximum absolute atomic E-state index is 11.0. The van der Waals surface area contributed by atoms with Crippen molar-refractivity contribution in [3.63, 3.8) is 0 Å². The monoisotopic (exact) mass is 340 g/mol. The minimum Gasteiger partial charge on any atom is -0.261 e. The van der Waals surface area contributed by atoms with Crippen LogP contribution < -0.4 is 9.44 Å². The lowest BCUT2D eigenvalue weighted by atomic mass is 10.7. The maximum Gasteiger partial charge on any atom is 0.336 e. The molecule has 0 bridgehead atoms. The van der Waals surface area contributed by atoms with Crippen molar-refractivity contribution in [2.24, 2.45) is 0 Å². The minimum absolute atomic E-state index is 0.0672. The van der Waals surface area contributed by atoms with Gasteiger partial charge in [-0.25, -0.2) is 9.44 Å². The highest BCUT2D eigenvalue weighted by molar-refractivity contribution is 8.69. The molecule has 0 rings (SSSR count). The van der Waals surface area contributed by atoms with Crippen molar-refractivity contribution in [1.82, 2.24) is 9.44 Å². The van der Waals surface area contributed by atoms with Crippen molar-refractivity contribution in [3.8, 4) is 0 Å². The maximum atomic E-state index is 11.0. The summed E-state index contributed by atoms with van der Waals surface area (Å²) in [6.45, 7) is 3.75. The summed E-state index contributed by atoms with van der Waals surface area (Å²) < 4.78 is 58.1. The zero-order valence-corrected chi connectivity index (χ0v) is 13.2. The third kappa shape index (κ3) is 10.4. The molecular weight excluding hydrogens is 324 g/mol. The molecule has 0 aromatic rings. The van der Waals surface area contributed by atoms with E-state index in [4.69, 9.17) is 0 Å². The summed E-state index contributed by atoms with van der Waals surface area (Å²) in [5, 5.41) is 0. The Morgan fingerprint density at radius 1 is 0.833 bits per heavy atom. The van der Waals surface area contributed by atoms with E-state index in [1.807, 2.05) is 0 Å². The second kappa shape index (κ2) is 9.36. The molecule has 0 saturated carbocycles. The number of hydrogen-bond acceptors (Lipinski definition) is 10. The fraction of sp³-hybridized carbons (Fsp3) is 1.00. The summed E-state index contributed by atoms with van der Waals surface area (Å²) in [6.07, 6.45) is 0. The Bertz CT molecular complexity index is 368. The lowest BCUT2D eigenvalue weighted by Crippen LogP contribution is -2.22. The van der Waals surface area contributed by atoms with Gasteiger partial charge in [0.2, 0.25) is 0 Å². The first-order chi connectivity index (χ1) is 8.33. The summed E-state index contributed by atoms with van der Waals surface area (Å²) >= 11 is 0.